The highest BCUT2D eigenvalue weighted by molar-refractivity contribution is 6.27. The number of aliphatic hydroxyl groups excluding tert-OH is 4. The number of aromatic nitrogens is 5. The van der Waals surface area contributed by atoms with Crippen molar-refractivity contribution in [1.82, 2.24) is 34.8 Å². The van der Waals surface area contributed by atoms with Crippen LogP contribution in [0.5, 0.6) is 0 Å². The first-order valence-electron chi connectivity index (χ1n) is 16.2. The number of nitrogens with zero attached hydrogens (tertiary/aromatic N) is 7. The molecule has 0 radical (unpaired) electrons. The van der Waals surface area contributed by atoms with Gasteiger partial charge in [-0.2, -0.15) is 0 Å². The fourth-order valence-corrected chi connectivity index (χ4v) is 6.37. The number of rotatable bonds is 11. The van der Waals surface area contributed by atoms with Gasteiger partial charge in [-0.05, 0) is 42.5 Å². The van der Waals surface area contributed by atoms with Gasteiger partial charge in [0.1, 0.15) is 30.1 Å². The molecule has 1 saturated heterocycles. The number of aliphatic hydroxyl groups is 4. The third-order valence-corrected chi connectivity index (χ3v) is 8.86. The van der Waals surface area contributed by atoms with Crippen molar-refractivity contribution in [3.05, 3.63) is 114 Å². The third-order valence-electron chi connectivity index (χ3n) is 8.86. The fourth-order valence-electron chi connectivity index (χ4n) is 6.37. The number of hydrogen-bond donors (Lipinski definition) is 5. The van der Waals surface area contributed by atoms with E-state index in [1.807, 2.05) is 41.3 Å². The second-order valence-corrected chi connectivity index (χ2v) is 12.3. The minimum absolute atomic E-state index is 0.0194. The summed E-state index contributed by atoms with van der Waals surface area (Å²) in [6.45, 7) is -0.0581. The average Bonchev–Trinajstić information content (AvgIpc) is 3.61. The molecule has 5 heterocycles. The first kappa shape index (κ1) is 34.0. The van der Waals surface area contributed by atoms with Crippen LogP contribution in [-0.4, -0.2) is 110 Å². The largest absolute Gasteiger partial charge is 0.394 e. The zero-order valence-corrected chi connectivity index (χ0v) is 27.1. The first-order valence-corrected chi connectivity index (χ1v) is 16.2. The van der Waals surface area contributed by atoms with Gasteiger partial charge < -0.3 is 30.5 Å². The van der Waals surface area contributed by atoms with Crippen molar-refractivity contribution in [2.24, 2.45) is 0 Å². The Bertz CT molecular complexity index is 2000. The zero-order chi connectivity index (χ0) is 35.6. The van der Waals surface area contributed by atoms with Crippen molar-refractivity contribution in [3.8, 4) is 0 Å². The number of ether oxygens (including phenoxy) is 1. The summed E-state index contributed by atoms with van der Waals surface area (Å²) in [6.07, 6.45) is -2.49. The molecule has 7 rings (SSSR count). The number of carbonyl (C=O) groups is 3. The maximum absolute atomic E-state index is 13.8. The van der Waals surface area contributed by atoms with Crippen LogP contribution in [0.3, 0.4) is 0 Å². The Balaban J connectivity index is 1.09. The number of imide groups is 1. The van der Waals surface area contributed by atoms with Crippen LogP contribution in [0.1, 0.15) is 44.0 Å². The lowest BCUT2D eigenvalue weighted by Crippen LogP contribution is -2.56. The van der Waals surface area contributed by atoms with E-state index in [0.717, 1.165) is 21.0 Å². The molecule has 0 aliphatic carbocycles. The van der Waals surface area contributed by atoms with Gasteiger partial charge in [0.25, 0.3) is 11.8 Å². The molecule has 2 aromatic carbocycles. The Hall–Kier alpha value is -5.49. The number of hydrogen-bond acceptors (Lipinski definition) is 13. The van der Waals surface area contributed by atoms with E-state index in [9.17, 15) is 34.8 Å². The Morgan fingerprint density at radius 1 is 0.824 bits per heavy atom. The number of pyridine rings is 2. The van der Waals surface area contributed by atoms with Crippen molar-refractivity contribution in [2.75, 3.05) is 18.5 Å². The Morgan fingerprint density at radius 3 is 2.16 bits per heavy atom. The summed E-state index contributed by atoms with van der Waals surface area (Å²) in [5.74, 6) is -1.47. The molecule has 5 N–H and O–H groups in total. The fraction of sp³-hybridized carbons (Fsp3) is 0.286. The lowest BCUT2D eigenvalue weighted by atomic mass is 9.93. The van der Waals surface area contributed by atoms with Gasteiger partial charge in [0.2, 0.25) is 5.91 Å². The van der Waals surface area contributed by atoms with Crippen LogP contribution >= 0.6 is 0 Å². The first-order chi connectivity index (χ1) is 24.7. The van der Waals surface area contributed by atoms with Crippen LogP contribution in [-0.2, 0) is 29.2 Å². The zero-order valence-electron chi connectivity index (χ0n) is 27.1. The summed E-state index contributed by atoms with van der Waals surface area (Å²) >= 11 is 0. The molecule has 51 heavy (non-hydrogen) atoms. The molecule has 262 valence electrons. The van der Waals surface area contributed by atoms with Crippen LogP contribution in [0.4, 0.5) is 5.69 Å². The predicted octanol–water partition coefficient (Wildman–Crippen LogP) is 0.631. The minimum atomic E-state index is -1.62. The third kappa shape index (κ3) is 6.83. The molecule has 2 aliphatic rings. The van der Waals surface area contributed by atoms with Crippen LogP contribution in [0, 0.1) is 0 Å². The van der Waals surface area contributed by atoms with E-state index in [4.69, 9.17) is 4.74 Å². The molecule has 0 bridgehead atoms. The number of amides is 3. The van der Waals surface area contributed by atoms with Gasteiger partial charge in [0.05, 0.1) is 37.3 Å². The lowest BCUT2D eigenvalue weighted by Gasteiger charge is -2.39. The molecule has 2 aliphatic heterocycles. The Labute approximate surface area is 290 Å². The molecule has 0 spiro atoms. The standard InChI is InChI=1S/C35H34N8O8/c44-19-27-30(46)31(47)32(48)35(51-27)43-17-22(39-40-43)16-42-33(49)24-9-5-8-23-26(11-10-25(29(23)24)34(42)50)38-28(45)18-41(14-20-6-1-3-12-36-20)15-21-7-2-4-13-37-21/h1-13,17,27,30-32,35,44,46-48H,14-16,18-19H2,(H,38,45)/t27-,30+,31+,32-,35-/m1/s1. The second-order valence-electron chi connectivity index (χ2n) is 12.3. The van der Waals surface area contributed by atoms with Crippen molar-refractivity contribution in [3.63, 3.8) is 0 Å². The number of anilines is 1. The highest BCUT2D eigenvalue weighted by atomic mass is 16.6. The molecule has 3 amide bonds. The van der Waals surface area contributed by atoms with Gasteiger partial charge in [-0.15, -0.1) is 5.10 Å². The van der Waals surface area contributed by atoms with Gasteiger partial charge in [0, 0.05) is 53.1 Å². The number of nitrogens with one attached hydrogen (secondary N) is 1. The normalized spacial score (nSPS) is 21.7. The van der Waals surface area contributed by atoms with E-state index in [0.29, 0.717) is 29.5 Å². The molecular formula is C35H34N8O8. The molecule has 5 atom stereocenters. The van der Waals surface area contributed by atoms with Gasteiger partial charge in [0.15, 0.2) is 6.23 Å². The van der Waals surface area contributed by atoms with Gasteiger partial charge in [-0.25, -0.2) is 4.68 Å². The molecule has 16 heteroatoms. The van der Waals surface area contributed by atoms with Crippen LogP contribution in [0.15, 0.2) is 85.3 Å². The summed E-state index contributed by atoms with van der Waals surface area (Å²) in [6, 6.07) is 19.4. The van der Waals surface area contributed by atoms with E-state index in [1.165, 1.54) is 6.20 Å². The number of carbonyl (C=O) groups excluding carboxylic acids is 3. The van der Waals surface area contributed by atoms with E-state index >= 15 is 0 Å². The Kier molecular flexibility index (Phi) is 9.59. The second kappa shape index (κ2) is 14.4. The molecule has 3 aromatic heterocycles. The maximum Gasteiger partial charge on any atom is 0.261 e. The van der Waals surface area contributed by atoms with Crippen LogP contribution in [0.25, 0.3) is 10.8 Å². The van der Waals surface area contributed by atoms with E-state index < -0.39 is 49.1 Å². The molecule has 1 fully saturated rings. The smallest absolute Gasteiger partial charge is 0.261 e. The molecule has 5 aromatic rings. The molecular weight excluding hydrogens is 660 g/mol. The van der Waals surface area contributed by atoms with E-state index in [1.54, 1.807) is 42.7 Å². The topological polar surface area (TPSA) is 216 Å². The SMILES string of the molecule is O=C(CN(Cc1ccccn1)Cc1ccccn1)Nc1ccc2c3c(cccc13)C(=O)N(Cc1cn([C@@H]3O[C@H](CO)[C@H](O)[C@H](O)[C@H]3O)nn1)C2=O. The van der Waals surface area contributed by atoms with Crippen molar-refractivity contribution in [1.29, 1.82) is 0 Å². The molecule has 0 unspecified atom stereocenters. The minimum Gasteiger partial charge on any atom is -0.394 e. The lowest BCUT2D eigenvalue weighted by molar-refractivity contribution is -0.254. The summed E-state index contributed by atoms with van der Waals surface area (Å²) < 4.78 is 6.62. The van der Waals surface area contributed by atoms with Gasteiger partial charge in [-0.3, -0.25) is 34.2 Å². The van der Waals surface area contributed by atoms with Gasteiger partial charge in [-0.1, -0.05) is 29.5 Å². The summed E-state index contributed by atoms with van der Waals surface area (Å²) in [4.78, 5) is 52.7. The molecule has 0 saturated carbocycles. The molecule has 16 nitrogen and oxygen atoms in total. The van der Waals surface area contributed by atoms with Crippen molar-refractivity contribution >= 4 is 34.2 Å². The van der Waals surface area contributed by atoms with Gasteiger partial charge >= 0.3 is 0 Å². The maximum atomic E-state index is 13.8. The summed E-state index contributed by atoms with van der Waals surface area (Å²) in [7, 11) is 0. The summed E-state index contributed by atoms with van der Waals surface area (Å²) in [5.41, 5.74) is 2.71. The van der Waals surface area contributed by atoms with E-state index in [2.05, 4.69) is 25.6 Å². The average molecular weight is 695 g/mol. The highest BCUT2D eigenvalue weighted by Gasteiger charge is 2.45. The summed E-state index contributed by atoms with van der Waals surface area (Å²) in [5, 5.41) is 52.1. The van der Waals surface area contributed by atoms with Crippen molar-refractivity contribution < 1.29 is 39.5 Å². The monoisotopic (exact) mass is 694 g/mol. The Morgan fingerprint density at radius 2 is 1.51 bits per heavy atom. The predicted molar refractivity (Wildman–Crippen MR) is 178 cm³/mol. The van der Waals surface area contributed by atoms with E-state index in [-0.39, 0.29) is 35.8 Å². The highest BCUT2D eigenvalue weighted by Crippen LogP contribution is 2.35. The quantitative estimate of drug-likeness (QED) is 0.120. The van der Waals surface area contributed by atoms with Crippen LogP contribution < -0.4 is 5.32 Å². The van der Waals surface area contributed by atoms with Crippen LogP contribution in [0.2, 0.25) is 0 Å². The van der Waals surface area contributed by atoms with Crippen molar-refractivity contribution in [2.45, 2.75) is 50.3 Å². The number of benzene rings is 2.